The van der Waals surface area contributed by atoms with Crippen LogP contribution in [0.5, 0.6) is 0 Å². The molecule has 5 heteroatoms. The van der Waals surface area contributed by atoms with Crippen LogP contribution < -0.4 is 10.9 Å². The first-order valence-corrected chi connectivity index (χ1v) is 8.87. The van der Waals surface area contributed by atoms with Crippen molar-refractivity contribution in [1.82, 2.24) is 15.3 Å². The van der Waals surface area contributed by atoms with Gasteiger partial charge in [0.2, 0.25) is 5.91 Å². The number of fused-ring (bicyclic) bond motifs is 1. The molecular weight excluding hydrogens is 326 g/mol. The van der Waals surface area contributed by atoms with Gasteiger partial charge in [-0.1, -0.05) is 18.2 Å². The molecule has 3 heterocycles. The lowest BCUT2D eigenvalue weighted by atomic mass is 9.76. The van der Waals surface area contributed by atoms with Crippen molar-refractivity contribution in [3.63, 3.8) is 0 Å². The summed E-state index contributed by atoms with van der Waals surface area (Å²) < 4.78 is 0. The first-order valence-electron chi connectivity index (χ1n) is 8.87. The van der Waals surface area contributed by atoms with E-state index < -0.39 is 5.41 Å². The van der Waals surface area contributed by atoms with E-state index in [2.05, 4.69) is 15.3 Å². The fraction of sp³-hybridized carbons (Fsp3) is 0.286. The van der Waals surface area contributed by atoms with Crippen LogP contribution >= 0.6 is 0 Å². The fourth-order valence-electron chi connectivity index (χ4n) is 3.73. The highest BCUT2D eigenvalue weighted by Gasteiger charge is 2.39. The van der Waals surface area contributed by atoms with E-state index in [-0.39, 0.29) is 11.5 Å². The Labute approximate surface area is 151 Å². The van der Waals surface area contributed by atoms with Crippen molar-refractivity contribution < 1.29 is 4.79 Å². The Balaban J connectivity index is 1.78. The SMILES string of the molecule is Cc1cccc2ncc(-c3ccc(C4(C)CCCNC4=O)c(=O)[nH]3)cc12. The van der Waals surface area contributed by atoms with Gasteiger partial charge in [0.25, 0.3) is 5.56 Å². The van der Waals surface area contributed by atoms with Gasteiger partial charge in [-0.25, -0.2) is 0 Å². The Hall–Kier alpha value is -2.95. The second-order valence-electron chi connectivity index (χ2n) is 7.17. The van der Waals surface area contributed by atoms with Crippen molar-refractivity contribution in [1.29, 1.82) is 0 Å². The number of carbonyl (C=O) groups excluding carboxylic acids is 1. The number of aromatic amines is 1. The lowest BCUT2D eigenvalue weighted by Crippen LogP contribution is -2.49. The Morgan fingerprint density at radius 3 is 2.77 bits per heavy atom. The van der Waals surface area contributed by atoms with Crippen LogP contribution in [0, 0.1) is 6.92 Å². The van der Waals surface area contributed by atoms with E-state index >= 15 is 0 Å². The fourth-order valence-corrected chi connectivity index (χ4v) is 3.73. The van der Waals surface area contributed by atoms with Gasteiger partial charge in [-0.2, -0.15) is 0 Å². The summed E-state index contributed by atoms with van der Waals surface area (Å²) in [5, 5.41) is 3.93. The van der Waals surface area contributed by atoms with Crippen molar-refractivity contribution in [3.05, 3.63) is 64.1 Å². The molecule has 0 spiro atoms. The van der Waals surface area contributed by atoms with Crippen molar-refractivity contribution in [2.75, 3.05) is 6.54 Å². The number of benzene rings is 1. The second kappa shape index (κ2) is 6.09. The molecule has 0 radical (unpaired) electrons. The number of amides is 1. The molecule has 0 saturated carbocycles. The van der Waals surface area contributed by atoms with Crippen LogP contribution in [0.25, 0.3) is 22.2 Å². The molecule has 1 aliphatic rings. The molecule has 3 aromatic rings. The summed E-state index contributed by atoms with van der Waals surface area (Å²) in [5.74, 6) is -0.0787. The smallest absolute Gasteiger partial charge is 0.252 e. The number of aryl methyl sites for hydroxylation is 1. The van der Waals surface area contributed by atoms with Gasteiger partial charge in [-0.3, -0.25) is 14.6 Å². The van der Waals surface area contributed by atoms with Crippen molar-refractivity contribution in [3.8, 4) is 11.3 Å². The van der Waals surface area contributed by atoms with Crippen LogP contribution in [0.15, 0.2) is 47.4 Å². The number of nitrogens with zero attached hydrogens (tertiary/aromatic N) is 1. The molecule has 1 fully saturated rings. The highest BCUT2D eigenvalue weighted by atomic mass is 16.2. The molecule has 1 saturated heterocycles. The minimum absolute atomic E-state index is 0.0787. The second-order valence-corrected chi connectivity index (χ2v) is 7.17. The average Bonchev–Trinajstić information content (AvgIpc) is 2.64. The van der Waals surface area contributed by atoms with Crippen LogP contribution in [0.2, 0.25) is 0 Å². The molecule has 0 bridgehead atoms. The molecule has 1 aromatic carbocycles. The maximum atomic E-state index is 12.7. The van der Waals surface area contributed by atoms with E-state index in [1.807, 2.05) is 44.2 Å². The van der Waals surface area contributed by atoms with Crippen LogP contribution in [0.3, 0.4) is 0 Å². The number of piperidine rings is 1. The first-order chi connectivity index (χ1) is 12.5. The van der Waals surface area contributed by atoms with E-state index in [4.69, 9.17) is 0 Å². The average molecular weight is 347 g/mol. The third kappa shape index (κ3) is 2.60. The predicted molar refractivity (Wildman–Crippen MR) is 102 cm³/mol. The standard InChI is InChI=1S/C21H21N3O2/c1-13-5-3-6-18-15(13)11-14(12-23-18)17-8-7-16(19(25)24-17)21(2)9-4-10-22-20(21)26/h3,5-8,11-12H,4,9-10H2,1-2H3,(H,22,26)(H,24,25). The molecule has 1 aliphatic heterocycles. The molecule has 5 nitrogen and oxygen atoms in total. The van der Waals surface area contributed by atoms with Gasteiger partial charge >= 0.3 is 0 Å². The van der Waals surface area contributed by atoms with Crippen molar-refractivity contribution in [2.24, 2.45) is 0 Å². The summed E-state index contributed by atoms with van der Waals surface area (Å²) in [7, 11) is 0. The number of carbonyl (C=O) groups is 1. The van der Waals surface area contributed by atoms with E-state index in [9.17, 15) is 9.59 Å². The highest BCUT2D eigenvalue weighted by Crippen LogP contribution is 2.30. The van der Waals surface area contributed by atoms with Gasteiger partial charge in [-0.05, 0) is 50.5 Å². The minimum atomic E-state index is -0.775. The molecule has 0 aliphatic carbocycles. The predicted octanol–water partition coefficient (Wildman–Crippen LogP) is 3.07. The number of aromatic nitrogens is 2. The summed E-state index contributed by atoms with van der Waals surface area (Å²) >= 11 is 0. The van der Waals surface area contributed by atoms with Crippen LogP contribution in [-0.2, 0) is 10.2 Å². The van der Waals surface area contributed by atoms with Gasteiger partial charge < -0.3 is 10.3 Å². The van der Waals surface area contributed by atoms with Gasteiger partial charge in [0.05, 0.1) is 10.9 Å². The number of pyridine rings is 2. The van der Waals surface area contributed by atoms with Gasteiger partial charge in [0, 0.05) is 34.9 Å². The number of nitrogens with one attached hydrogen (secondary N) is 2. The topological polar surface area (TPSA) is 74.8 Å². The van der Waals surface area contributed by atoms with Crippen molar-refractivity contribution in [2.45, 2.75) is 32.1 Å². The van der Waals surface area contributed by atoms with E-state index in [0.717, 1.165) is 28.5 Å². The zero-order chi connectivity index (χ0) is 18.3. The molecular formula is C21H21N3O2. The summed E-state index contributed by atoms with van der Waals surface area (Å²) in [4.78, 5) is 32.5. The normalized spacial score (nSPS) is 20.2. The van der Waals surface area contributed by atoms with Crippen LogP contribution in [-0.4, -0.2) is 22.4 Å². The maximum Gasteiger partial charge on any atom is 0.252 e. The van der Waals surface area contributed by atoms with Gasteiger partial charge in [0.1, 0.15) is 0 Å². The Bertz CT molecular complexity index is 1070. The first kappa shape index (κ1) is 16.5. The number of hydrogen-bond donors (Lipinski definition) is 2. The van der Waals surface area contributed by atoms with Crippen LogP contribution in [0.1, 0.15) is 30.9 Å². The highest BCUT2D eigenvalue weighted by molar-refractivity contribution is 5.88. The lowest BCUT2D eigenvalue weighted by molar-refractivity contribution is -0.128. The monoisotopic (exact) mass is 347 g/mol. The molecule has 1 unspecified atom stereocenters. The minimum Gasteiger partial charge on any atom is -0.355 e. The molecule has 1 amide bonds. The Kier molecular flexibility index (Phi) is 3.87. The van der Waals surface area contributed by atoms with Crippen LogP contribution in [0.4, 0.5) is 0 Å². The van der Waals surface area contributed by atoms with E-state index in [0.29, 0.717) is 24.2 Å². The molecule has 26 heavy (non-hydrogen) atoms. The summed E-state index contributed by atoms with van der Waals surface area (Å²) in [5.41, 5.74) is 3.16. The van der Waals surface area contributed by atoms with E-state index in [1.165, 1.54) is 0 Å². The molecule has 2 N–H and O–H groups in total. The zero-order valence-corrected chi connectivity index (χ0v) is 14.9. The van der Waals surface area contributed by atoms with E-state index in [1.54, 1.807) is 12.3 Å². The molecule has 4 rings (SSSR count). The zero-order valence-electron chi connectivity index (χ0n) is 14.9. The Morgan fingerprint density at radius 2 is 2.00 bits per heavy atom. The number of rotatable bonds is 2. The lowest BCUT2D eigenvalue weighted by Gasteiger charge is -2.32. The number of hydrogen-bond acceptors (Lipinski definition) is 3. The molecule has 1 atom stereocenters. The molecule has 2 aromatic heterocycles. The summed E-state index contributed by atoms with van der Waals surface area (Å²) in [6, 6.07) is 11.7. The summed E-state index contributed by atoms with van der Waals surface area (Å²) in [6.45, 7) is 4.56. The molecule has 132 valence electrons. The largest absolute Gasteiger partial charge is 0.355 e. The van der Waals surface area contributed by atoms with Gasteiger partial charge in [-0.15, -0.1) is 0 Å². The quantitative estimate of drug-likeness (QED) is 0.748. The Morgan fingerprint density at radius 1 is 1.15 bits per heavy atom. The third-order valence-corrected chi connectivity index (χ3v) is 5.40. The summed E-state index contributed by atoms with van der Waals surface area (Å²) in [6.07, 6.45) is 3.32. The van der Waals surface area contributed by atoms with Crippen molar-refractivity contribution >= 4 is 16.8 Å². The maximum absolute atomic E-state index is 12.7. The van der Waals surface area contributed by atoms with Gasteiger partial charge in [0.15, 0.2) is 0 Å². The third-order valence-electron chi connectivity index (χ3n) is 5.40. The number of H-pyrrole nitrogens is 1.